The van der Waals surface area contributed by atoms with Gasteiger partial charge in [-0.15, -0.1) is 0 Å². The quantitative estimate of drug-likeness (QED) is 0.152. The number of carbonyl (C=O) groups excluding carboxylic acids is 4. The van der Waals surface area contributed by atoms with Gasteiger partial charge in [-0.1, -0.05) is 0 Å². The third kappa shape index (κ3) is 126. The van der Waals surface area contributed by atoms with E-state index in [1.165, 1.54) is 0 Å². The van der Waals surface area contributed by atoms with Crippen molar-refractivity contribution in [1.82, 2.24) is 0 Å². The molecule has 209 valence electrons. The Kier molecular flexibility index (Phi) is 94.6. The van der Waals surface area contributed by atoms with Crippen molar-refractivity contribution in [2.45, 2.75) is 25.4 Å². The number of hydrogen-bond donors (Lipinski definition) is 1. The number of carboxylic acid groups (broad SMARTS) is 4. The van der Waals surface area contributed by atoms with Crippen LogP contribution in [0.4, 0.5) is 0 Å². The number of rotatable bonds is 5. The molecule has 0 unspecified atom stereocenters. The van der Waals surface area contributed by atoms with Gasteiger partial charge in [0.2, 0.25) is 0 Å². The number of nitrogens with zero attached hydrogens (tertiary/aromatic N) is 2. The topological polar surface area (TPSA) is 313 Å². The van der Waals surface area contributed by atoms with Crippen molar-refractivity contribution >= 4 is 64.5 Å². The molecule has 1 N–H and O–H groups in total. The first kappa shape index (κ1) is 66.4. The summed E-state index contributed by atoms with van der Waals surface area (Å²) in [4.78, 5) is 55.4. The van der Waals surface area contributed by atoms with E-state index in [0.29, 0.717) is 12.7 Å². The van der Waals surface area contributed by atoms with Crippen LogP contribution in [0.5, 0.6) is 0 Å². The SMILES string of the molecule is CC(=O)[O-].O=C([O-])CC(O)(CC(=O)[O-])C(=O)[O-].O=[N+]([O-])[O-].O=[N+]([O-])[O-].[Cl-].[Cl][Cu][Cl].[Cl][Ni][Cl].[Gd+3].[K+].[Nd+3]. The predicted molar refractivity (Wildman–Crippen MR) is 84.0 cm³/mol. The Hall–Kier alpha value is 3.01. The molecule has 2 radical (unpaired) electrons. The Morgan fingerprint density at radius 3 is 1.06 bits per heavy atom. The van der Waals surface area contributed by atoms with Crippen LogP contribution in [0.25, 0.3) is 0 Å². The van der Waals surface area contributed by atoms with Crippen LogP contribution in [0.1, 0.15) is 19.8 Å². The normalized spacial score (nSPS) is 7.37. The molecule has 17 nitrogen and oxygen atoms in total. The Morgan fingerprint density at radius 2 is 1.00 bits per heavy atom. The van der Waals surface area contributed by atoms with Crippen molar-refractivity contribution in [1.29, 1.82) is 0 Å². The summed E-state index contributed by atoms with van der Waals surface area (Å²) < 4.78 is 0. The molecule has 0 aromatic carbocycles. The summed E-state index contributed by atoms with van der Waals surface area (Å²) in [5, 5.41) is 77.3. The second-order valence-electron chi connectivity index (χ2n) is 3.44. The zero-order valence-electron chi connectivity index (χ0n) is 16.3. The first-order valence-electron chi connectivity index (χ1n) is 5.58. The van der Waals surface area contributed by atoms with Crippen LogP contribution in [0.3, 0.4) is 0 Å². The fraction of sp³-hybridized carbons (Fsp3) is 0.500. The molecule has 0 saturated carbocycles. The minimum Gasteiger partial charge on any atom is 1.00 e. The predicted octanol–water partition coefficient (Wildman–Crippen LogP) is -10.2. The van der Waals surface area contributed by atoms with Crippen LogP contribution >= 0.6 is 40.6 Å². The Morgan fingerprint density at radius 1 is 0.886 bits per heavy atom. The second kappa shape index (κ2) is 49.9. The van der Waals surface area contributed by atoms with Crippen LogP contribution in [-0.4, -0.2) is 44.8 Å². The molecule has 0 aliphatic rings. The van der Waals surface area contributed by atoms with E-state index >= 15 is 0 Å². The number of aliphatic carboxylic acids is 4. The summed E-state index contributed by atoms with van der Waals surface area (Å²) in [6.07, 6.45) is -2.72. The van der Waals surface area contributed by atoms with Gasteiger partial charge in [-0.05, 0) is 6.92 Å². The van der Waals surface area contributed by atoms with Crippen molar-refractivity contribution in [3.8, 4) is 0 Å². The summed E-state index contributed by atoms with van der Waals surface area (Å²) in [5.74, 6) is -7.07. The minimum atomic E-state index is -2.97. The minimum absolute atomic E-state index is 0. The standard InChI is InChI=1S/C6H8O7.C2H4O2.5ClH.Cu.Gd.K.2NO3.Nd.Ni/c7-3(8)1-6(13,5(11)12)2-4(9)10;1-2(3)4;;;;;;;;;2*2-1(3)4;;/h13H,1-2H2,(H,7,8)(H,9,10)(H,11,12);1H3,(H,3,4);5*1H;;;;;;;/q;;;;;;;+2;+3;+1;2*-1;+3;+2/p-9. The molecule has 27 heteroatoms. The Labute approximate surface area is 338 Å². The Bertz CT molecular complexity index is 507. The molecule has 35 heavy (non-hydrogen) atoms. The van der Waals surface area contributed by atoms with Gasteiger partial charge < -0.3 is 87.8 Å². The summed E-state index contributed by atoms with van der Waals surface area (Å²) in [6.45, 7) is 0.972. The van der Waals surface area contributed by atoms with Gasteiger partial charge in [0.05, 0.1) is 16.1 Å². The van der Waals surface area contributed by atoms with E-state index < -0.39 is 52.5 Å². The van der Waals surface area contributed by atoms with Crippen molar-refractivity contribution in [3.63, 3.8) is 0 Å². The van der Waals surface area contributed by atoms with E-state index in [-0.39, 0.29) is 145 Å². The third-order valence-corrected chi connectivity index (χ3v) is 1.25. The van der Waals surface area contributed by atoms with Crippen LogP contribution < -0.4 is 84.2 Å². The van der Waals surface area contributed by atoms with E-state index in [0.717, 1.165) is 20.1 Å². The molecule has 0 fully saturated rings. The van der Waals surface area contributed by atoms with Crippen LogP contribution in [0, 0.1) is 111 Å². The van der Waals surface area contributed by atoms with Crippen LogP contribution in [0.15, 0.2) is 0 Å². The molecule has 0 amide bonds. The maximum atomic E-state index is 10.1. The third-order valence-electron chi connectivity index (χ3n) is 1.25. The summed E-state index contributed by atoms with van der Waals surface area (Å²) in [5.41, 5.74) is -2.97. The van der Waals surface area contributed by atoms with Gasteiger partial charge in [-0.3, -0.25) is 0 Å². The first-order valence-corrected chi connectivity index (χ1v) is 10.9. The number of carboxylic acids is 4. The molecule has 0 aromatic heterocycles. The number of halogens is 5. The summed E-state index contributed by atoms with van der Waals surface area (Å²) in [6, 6.07) is 0. The molecule has 0 aliphatic heterocycles. The molecule has 0 bridgehead atoms. The van der Waals surface area contributed by atoms with E-state index in [1.54, 1.807) is 0 Å². The van der Waals surface area contributed by atoms with Crippen LogP contribution in [0.2, 0.25) is 0 Å². The maximum Gasteiger partial charge on any atom is 3.00 e. The maximum absolute atomic E-state index is 10.1. The van der Waals surface area contributed by atoms with Gasteiger partial charge in [0.25, 0.3) is 0 Å². The van der Waals surface area contributed by atoms with E-state index in [4.69, 9.17) is 66.0 Å². The van der Waals surface area contributed by atoms with Crippen molar-refractivity contribution in [3.05, 3.63) is 30.6 Å². The number of carbonyl (C=O) groups is 4. The molecule has 0 saturated heterocycles. The van der Waals surface area contributed by atoms with E-state index in [9.17, 15) is 29.7 Å². The molecule has 0 spiro atoms. The van der Waals surface area contributed by atoms with Gasteiger partial charge in [-0.25, -0.2) is 0 Å². The number of hydrogen-bond acceptors (Lipinski definition) is 15. The average molecular weight is 1010 g/mol. The fourth-order valence-electron chi connectivity index (χ4n) is 0.684. The largest absolute Gasteiger partial charge is 3.00 e. The van der Waals surface area contributed by atoms with Crippen molar-refractivity contribution in [2.75, 3.05) is 0 Å². The summed E-state index contributed by atoms with van der Waals surface area (Å²) >= 11 is 1.33. The van der Waals surface area contributed by atoms with Gasteiger partial charge >= 0.3 is 199 Å². The fourth-order valence-corrected chi connectivity index (χ4v) is 0.684. The first-order chi connectivity index (χ1) is 13.8. The van der Waals surface area contributed by atoms with Gasteiger partial charge in [0.1, 0.15) is 5.60 Å². The van der Waals surface area contributed by atoms with Gasteiger partial charge in [-0.2, -0.15) is 0 Å². The Balaban J connectivity index is -0.0000000300. The van der Waals surface area contributed by atoms with E-state index in [2.05, 4.69) is 20.2 Å². The zero-order chi connectivity index (χ0) is 26.8. The van der Waals surface area contributed by atoms with Crippen molar-refractivity contribution < 1.29 is 225 Å². The molecule has 0 aliphatic carbocycles. The molecule has 0 atom stereocenters. The smallest absolute Gasteiger partial charge is 1.00 e. The molecular formula is C8H8Cl5CuGdKN2NdNiO15. The van der Waals surface area contributed by atoms with Crippen molar-refractivity contribution in [2.24, 2.45) is 0 Å². The number of aliphatic hydroxyl groups is 1. The molecule has 0 heterocycles. The molecule has 0 rings (SSSR count). The van der Waals surface area contributed by atoms with E-state index in [1.807, 2.05) is 0 Å². The molecule has 0 aromatic rings. The van der Waals surface area contributed by atoms with Gasteiger partial charge in [0.15, 0.2) is 0 Å². The van der Waals surface area contributed by atoms with Gasteiger partial charge in [0, 0.05) is 30.7 Å². The average Bonchev–Trinajstić information content (AvgIpc) is 2.44. The van der Waals surface area contributed by atoms with Crippen LogP contribution in [-0.2, 0) is 45.0 Å². The molecular weight excluding hydrogens is 1000 g/mol. The second-order valence-corrected chi connectivity index (χ2v) is 6.63. The summed E-state index contributed by atoms with van der Waals surface area (Å²) in [7, 11) is 18.7. The zero-order valence-corrected chi connectivity index (χ0v) is 30.6. The monoisotopic (exact) mass is 1010 g/mol.